The van der Waals surface area contributed by atoms with E-state index in [9.17, 15) is 5.11 Å². The summed E-state index contributed by atoms with van der Waals surface area (Å²) >= 11 is 1.02. The van der Waals surface area contributed by atoms with Crippen LogP contribution in [-0.4, -0.2) is 11.2 Å². The van der Waals surface area contributed by atoms with Gasteiger partial charge in [-0.05, 0) is 24.0 Å². The molecule has 0 saturated heterocycles. The first kappa shape index (κ1) is 12.2. The molecule has 0 heterocycles. The first-order chi connectivity index (χ1) is 6.88. The van der Waals surface area contributed by atoms with Gasteiger partial charge in [-0.2, -0.15) is 0 Å². The topological polar surface area (TPSA) is 20.2 Å². The molecule has 2 rings (SSSR count). The second-order valence-corrected chi connectivity index (χ2v) is 3.15. The number of halogens is 1. The SMILES string of the molecule is OC(C1=CC=CC1)C1=CC=CC1.[Cl][Zr]. The Morgan fingerprint density at radius 2 is 1.50 bits per heavy atom. The van der Waals surface area contributed by atoms with E-state index in [2.05, 4.69) is 12.2 Å². The summed E-state index contributed by atoms with van der Waals surface area (Å²) in [6.45, 7) is 0. The van der Waals surface area contributed by atoms with Gasteiger partial charge in [0, 0.05) is 0 Å². The normalized spacial score (nSPS) is 17.9. The molecule has 0 aliphatic heterocycles. The fourth-order valence-corrected chi connectivity index (χ4v) is 1.57. The second kappa shape index (κ2) is 6.55. The van der Waals surface area contributed by atoms with Crippen LogP contribution in [0.15, 0.2) is 47.6 Å². The number of allylic oxidation sites excluding steroid dienone is 6. The summed E-state index contributed by atoms with van der Waals surface area (Å²) in [5, 5.41) is 9.83. The van der Waals surface area contributed by atoms with Crippen molar-refractivity contribution in [3.05, 3.63) is 47.6 Å². The molecule has 0 aromatic heterocycles. The molecule has 0 spiro atoms. The Hall–Kier alpha value is 0.0931. The molecule has 0 radical (unpaired) electrons. The van der Waals surface area contributed by atoms with Crippen LogP contribution >= 0.6 is 8.51 Å². The van der Waals surface area contributed by atoms with Gasteiger partial charge in [-0.3, -0.25) is 0 Å². The van der Waals surface area contributed by atoms with Gasteiger partial charge in [0.1, 0.15) is 0 Å². The van der Waals surface area contributed by atoms with Crippen molar-refractivity contribution in [3.8, 4) is 0 Å². The minimum absolute atomic E-state index is 0.352. The Balaban J connectivity index is 0.000000461. The van der Waals surface area contributed by atoms with Gasteiger partial charge >= 0.3 is 32.0 Å². The summed E-state index contributed by atoms with van der Waals surface area (Å²) in [5.41, 5.74) is 2.23. The van der Waals surface area contributed by atoms with Crippen molar-refractivity contribution in [1.29, 1.82) is 0 Å². The average Bonchev–Trinajstić information content (AvgIpc) is 2.93. The third-order valence-corrected chi connectivity index (χ3v) is 2.30. The predicted octanol–water partition coefficient (Wildman–Crippen LogP) is 2.81. The molecular formula is C11H12ClOZr. The van der Waals surface area contributed by atoms with Crippen molar-refractivity contribution < 1.29 is 28.6 Å². The summed E-state index contributed by atoms with van der Waals surface area (Å²) in [6.07, 6.45) is 13.6. The molecule has 0 aromatic carbocycles. The quantitative estimate of drug-likeness (QED) is 0.828. The van der Waals surface area contributed by atoms with E-state index in [1.54, 1.807) is 0 Å². The van der Waals surface area contributed by atoms with E-state index in [1.807, 2.05) is 24.3 Å². The van der Waals surface area contributed by atoms with Gasteiger partial charge in [-0.25, -0.2) is 0 Å². The molecule has 1 N–H and O–H groups in total. The van der Waals surface area contributed by atoms with Gasteiger partial charge in [0.15, 0.2) is 0 Å². The van der Waals surface area contributed by atoms with Gasteiger partial charge in [0.2, 0.25) is 0 Å². The molecule has 2 aliphatic rings. The summed E-state index contributed by atoms with van der Waals surface area (Å²) in [6, 6.07) is 0. The van der Waals surface area contributed by atoms with Crippen LogP contribution in [0.1, 0.15) is 12.8 Å². The van der Waals surface area contributed by atoms with Crippen LogP contribution in [0, 0.1) is 0 Å². The molecule has 2 aliphatic carbocycles. The van der Waals surface area contributed by atoms with E-state index in [-0.39, 0.29) is 6.10 Å². The molecule has 0 saturated carbocycles. The van der Waals surface area contributed by atoms with E-state index >= 15 is 0 Å². The van der Waals surface area contributed by atoms with Crippen molar-refractivity contribution in [2.24, 2.45) is 0 Å². The van der Waals surface area contributed by atoms with Crippen LogP contribution in [0.5, 0.6) is 0 Å². The summed E-state index contributed by atoms with van der Waals surface area (Å²) in [4.78, 5) is 0. The van der Waals surface area contributed by atoms with Crippen molar-refractivity contribution in [2.75, 3.05) is 0 Å². The van der Waals surface area contributed by atoms with Crippen LogP contribution < -0.4 is 0 Å². The first-order valence-electron chi connectivity index (χ1n) is 4.46. The van der Waals surface area contributed by atoms with Gasteiger partial charge < -0.3 is 5.11 Å². The van der Waals surface area contributed by atoms with Gasteiger partial charge in [0.05, 0.1) is 6.10 Å². The molecule has 3 heteroatoms. The molecule has 0 amide bonds. The minimum atomic E-state index is -0.352. The molecular weight excluding hydrogens is 275 g/mol. The third kappa shape index (κ3) is 3.05. The van der Waals surface area contributed by atoms with E-state index in [0.29, 0.717) is 0 Å². The van der Waals surface area contributed by atoms with E-state index in [0.717, 1.165) is 47.5 Å². The zero-order chi connectivity index (χ0) is 10.4. The summed E-state index contributed by atoms with van der Waals surface area (Å²) in [7, 11) is 4.73. The number of aliphatic hydroxyl groups is 1. The van der Waals surface area contributed by atoms with Crippen LogP contribution in [0.25, 0.3) is 0 Å². The number of aliphatic hydroxyl groups excluding tert-OH is 1. The molecule has 0 atom stereocenters. The van der Waals surface area contributed by atoms with Crippen molar-refractivity contribution in [3.63, 3.8) is 0 Å². The Bertz CT molecular complexity index is 272. The molecule has 73 valence electrons. The van der Waals surface area contributed by atoms with Crippen LogP contribution in [0.2, 0.25) is 0 Å². The fraction of sp³-hybridized carbons (Fsp3) is 0.273. The first-order valence-corrected chi connectivity index (χ1v) is 7.62. The Morgan fingerprint density at radius 3 is 1.79 bits per heavy atom. The monoisotopic (exact) mass is 285 g/mol. The molecule has 1 nitrogen and oxygen atoms in total. The van der Waals surface area contributed by atoms with Crippen molar-refractivity contribution in [1.82, 2.24) is 0 Å². The Labute approximate surface area is 103 Å². The standard InChI is InChI=1S/C11H12O.ClH.Zr/c12-11(9-5-1-2-6-9)10-7-3-4-8-10;;/h1-5,7,11-12H,6,8H2;1H;/q;;+1/p-1. The summed E-state index contributed by atoms with van der Waals surface area (Å²) in [5.74, 6) is 0. The number of rotatable bonds is 2. The molecule has 0 aromatic rings. The van der Waals surface area contributed by atoms with Crippen molar-refractivity contribution >= 4 is 8.51 Å². The second-order valence-electron chi connectivity index (χ2n) is 3.15. The maximum absolute atomic E-state index is 9.83. The Morgan fingerprint density at radius 1 is 1.07 bits per heavy atom. The van der Waals surface area contributed by atoms with Gasteiger partial charge in [-0.15, -0.1) is 0 Å². The molecule has 0 unspecified atom stereocenters. The van der Waals surface area contributed by atoms with Crippen LogP contribution in [0.4, 0.5) is 0 Å². The summed E-state index contributed by atoms with van der Waals surface area (Å²) < 4.78 is 0. The van der Waals surface area contributed by atoms with E-state index in [1.165, 1.54) is 0 Å². The number of hydrogen-bond acceptors (Lipinski definition) is 1. The third-order valence-electron chi connectivity index (χ3n) is 2.30. The van der Waals surface area contributed by atoms with Gasteiger partial charge in [0.25, 0.3) is 0 Å². The average molecular weight is 287 g/mol. The maximum atomic E-state index is 9.83. The van der Waals surface area contributed by atoms with Gasteiger partial charge in [-0.1, -0.05) is 36.5 Å². The van der Waals surface area contributed by atoms with Crippen LogP contribution in [-0.2, 0) is 23.5 Å². The van der Waals surface area contributed by atoms with Crippen LogP contribution in [0.3, 0.4) is 0 Å². The predicted molar refractivity (Wildman–Crippen MR) is 55.5 cm³/mol. The zero-order valence-corrected chi connectivity index (χ0v) is 11.0. The molecule has 0 bridgehead atoms. The number of hydrogen-bond donors (Lipinski definition) is 1. The fourth-order valence-electron chi connectivity index (χ4n) is 1.57. The molecule has 14 heavy (non-hydrogen) atoms. The Kier molecular flexibility index (Phi) is 5.69. The van der Waals surface area contributed by atoms with E-state index < -0.39 is 0 Å². The molecule has 0 fully saturated rings. The van der Waals surface area contributed by atoms with E-state index in [4.69, 9.17) is 8.51 Å². The van der Waals surface area contributed by atoms with Crippen molar-refractivity contribution in [2.45, 2.75) is 18.9 Å². The zero-order valence-electron chi connectivity index (χ0n) is 7.78.